The van der Waals surface area contributed by atoms with E-state index in [2.05, 4.69) is 4.90 Å². The van der Waals surface area contributed by atoms with Crippen molar-refractivity contribution in [1.82, 2.24) is 0 Å². The van der Waals surface area contributed by atoms with Gasteiger partial charge in [-0.1, -0.05) is 25.3 Å². The Morgan fingerprint density at radius 2 is 2.00 bits per heavy atom. The predicted molar refractivity (Wildman–Crippen MR) is 80.7 cm³/mol. The molecule has 1 aromatic rings. The lowest BCUT2D eigenvalue weighted by Crippen LogP contribution is -2.40. The minimum atomic E-state index is -0.481. The highest BCUT2D eigenvalue weighted by molar-refractivity contribution is 6.01. The molecule has 0 radical (unpaired) electrons. The first-order chi connectivity index (χ1) is 9.65. The van der Waals surface area contributed by atoms with Crippen molar-refractivity contribution in [2.75, 3.05) is 23.8 Å². The van der Waals surface area contributed by atoms with E-state index < -0.39 is 5.91 Å². The van der Waals surface area contributed by atoms with Gasteiger partial charge in [0.15, 0.2) is 0 Å². The van der Waals surface area contributed by atoms with Gasteiger partial charge in [-0.25, -0.2) is 0 Å². The molecule has 0 saturated heterocycles. The first kappa shape index (κ1) is 14.7. The Balaban J connectivity index is 2.39. The number of hydrogen-bond donors (Lipinski definition) is 3. The van der Waals surface area contributed by atoms with E-state index in [1.165, 1.54) is 19.3 Å². The monoisotopic (exact) mass is 277 g/mol. The van der Waals surface area contributed by atoms with Crippen molar-refractivity contribution in [2.45, 2.75) is 38.1 Å². The minimum absolute atomic E-state index is 0.0308. The molecule has 0 atom stereocenters. The molecular weight excluding hydrogens is 254 g/mol. The third-order valence-corrected chi connectivity index (χ3v) is 3.98. The van der Waals surface area contributed by atoms with Gasteiger partial charge in [0.1, 0.15) is 0 Å². The molecule has 110 valence electrons. The molecule has 2 rings (SSSR count). The lowest BCUT2D eigenvalue weighted by Gasteiger charge is -2.37. The van der Waals surface area contributed by atoms with E-state index >= 15 is 0 Å². The van der Waals surface area contributed by atoms with Crippen LogP contribution < -0.4 is 16.4 Å². The largest absolute Gasteiger partial charge is 0.397 e. The van der Waals surface area contributed by atoms with Crippen molar-refractivity contribution in [2.24, 2.45) is 5.73 Å². The maximum Gasteiger partial charge on any atom is 0.250 e. The minimum Gasteiger partial charge on any atom is -0.397 e. The number of nitrogens with zero attached hydrogens (tertiary/aromatic N) is 1. The molecule has 0 spiro atoms. The molecule has 1 aromatic carbocycles. The van der Waals surface area contributed by atoms with Gasteiger partial charge in [0.25, 0.3) is 5.91 Å². The van der Waals surface area contributed by atoms with Crippen molar-refractivity contribution in [3.05, 3.63) is 23.8 Å². The molecule has 20 heavy (non-hydrogen) atoms. The first-order valence-corrected chi connectivity index (χ1v) is 7.21. The summed E-state index contributed by atoms with van der Waals surface area (Å²) in [4.78, 5) is 13.7. The van der Waals surface area contributed by atoms with Gasteiger partial charge in [-0.2, -0.15) is 0 Å². The molecular formula is C15H23N3O2. The number of aliphatic hydroxyl groups excluding tert-OH is 1. The van der Waals surface area contributed by atoms with Gasteiger partial charge in [0.05, 0.1) is 23.5 Å². The summed E-state index contributed by atoms with van der Waals surface area (Å²) in [5, 5.41) is 9.35. The molecule has 1 amide bonds. The molecule has 5 N–H and O–H groups in total. The molecule has 0 unspecified atom stereocenters. The van der Waals surface area contributed by atoms with Crippen molar-refractivity contribution in [3.63, 3.8) is 0 Å². The Labute approximate surface area is 119 Å². The summed E-state index contributed by atoms with van der Waals surface area (Å²) in [6, 6.07) is 5.52. The van der Waals surface area contributed by atoms with Crippen molar-refractivity contribution >= 4 is 17.3 Å². The van der Waals surface area contributed by atoms with E-state index in [0.717, 1.165) is 12.8 Å². The van der Waals surface area contributed by atoms with E-state index in [0.29, 0.717) is 29.5 Å². The zero-order valence-electron chi connectivity index (χ0n) is 11.7. The van der Waals surface area contributed by atoms with Crippen LogP contribution in [0.1, 0.15) is 42.5 Å². The Bertz CT molecular complexity index is 470. The van der Waals surface area contributed by atoms with Crippen molar-refractivity contribution in [1.29, 1.82) is 0 Å². The molecule has 0 aliphatic heterocycles. The average Bonchev–Trinajstić information content (AvgIpc) is 2.46. The van der Waals surface area contributed by atoms with Crippen LogP contribution in [0.2, 0.25) is 0 Å². The summed E-state index contributed by atoms with van der Waals surface area (Å²) in [5.74, 6) is -0.481. The van der Waals surface area contributed by atoms with E-state index in [4.69, 9.17) is 11.5 Å². The molecule has 1 aliphatic rings. The Kier molecular flexibility index (Phi) is 4.84. The van der Waals surface area contributed by atoms with Crippen LogP contribution >= 0.6 is 0 Å². The summed E-state index contributed by atoms with van der Waals surface area (Å²) in [5.41, 5.74) is 13.2. The lowest BCUT2D eigenvalue weighted by molar-refractivity contribution is 0.100. The number of carbonyl (C=O) groups is 1. The fourth-order valence-electron chi connectivity index (χ4n) is 3.06. The van der Waals surface area contributed by atoms with E-state index in [1.54, 1.807) is 18.2 Å². The lowest BCUT2D eigenvalue weighted by atomic mass is 9.93. The number of anilines is 2. The number of benzene rings is 1. The van der Waals surface area contributed by atoms with Crippen LogP contribution in [0.4, 0.5) is 11.4 Å². The van der Waals surface area contributed by atoms with E-state index in [-0.39, 0.29) is 6.61 Å². The fourth-order valence-corrected chi connectivity index (χ4v) is 3.06. The normalized spacial score (nSPS) is 16.1. The highest BCUT2D eigenvalue weighted by Crippen LogP contribution is 2.33. The quantitative estimate of drug-likeness (QED) is 0.711. The Morgan fingerprint density at radius 1 is 1.30 bits per heavy atom. The van der Waals surface area contributed by atoms with Crippen LogP contribution in [0.15, 0.2) is 18.2 Å². The van der Waals surface area contributed by atoms with Gasteiger partial charge in [0.2, 0.25) is 0 Å². The van der Waals surface area contributed by atoms with E-state index in [9.17, 15) is 9.90 Å². The summed E-state index contributed by atoms with van der Waals surface area (Å²) < 4.78 is 0. The number of aliphatic hydroxyl groups is 1. The first-order valence-electron chi connectivity index (χ1n) is 7.21. The highest BCUT2D eigenvalue weighted by Gasteiger charge is 2.25. The number of hydrogen-bond acceptors (Lipinski definition) is 4. The second-order valence-electron chi connectivity index (χ2n) is 5.32. The maximum absolute atomic E-state index is 11.6. The number of rotatable bonds is 5. The smallest absolute Gasteiger partial charge is 0.250 e. The summed E-state index contributed by atoms with van der Waals surface area (Å²) in [7, 11) is 0. The third-order valence-electron chi connectivity index (χ3n) is 3.98. The summed E-state index contributed by atoms with van der Waals surface area (Å²) >= 11 is 0. The number of nitrogens with two attached hydrogens (primary N) is 2. The zero-order chi connectivity index (χ0) is 14.5. The Morgan fingerprint density at radius 3 is 2.60 bits per heavy atom. The number of amides is 1. The second-order valence-corrected chi connectivity index (χ2v) is 5.32. The van der Waals surface area contributed by atoms with Gasteiger partial charge < -0.3 is 21.5 Å². The zero-order valence-corrected chi connectivity index (χ0v) is 11.7. The standard InChI is InChI=1S/C15H23N3O2/c16-13-8-4-7-12(15(17)20)14(13)18(9-10-19)11-5-2-1-3-6-11/h4,7-8,11,19H,1-3,5-6,9-10,16H2,(H2,17,20). The topological polar surface area (TPSA) is 92.6 Å². The summed E-state index contributed by atoms with van der Waals surface area (Å²) in [6.07, 6.45) is 5.71. The number of nitrogen functional groups attached to an aromatic ring is 1. The molecule has 0 heterocycles. The molecule has 1 saturated carbocycles. The number of carbonyl (C=O) groups excluding carboxylic acids is 1. The molecule has 1 aliphatic carbocycles. The van der Waals surface area contributed by atoms with Gasteiger partial charge in [-0.15, -0.1) is 0 Å². The molecule has 5 heteroatoms. The third kappa shape index (κ3) is 3.04. The van der Waals surface area contributed by atoms with Crippen LogP contribution in [-0.4, -0.2) is 30.2 Å². The van der Waals surface area contributed by atoms with Gasteiger partial charge in [-0.05, 0) is 25.0 Å². The van der Waals surface area contributed by atoms with Crippen molar-refractivity contribution in [3.8, 4) is 0 Å². The molecule has 0 bridgehead atoms. The number of para-hydroxylation sites is 1. The Hall–Kier alpha value is -1.75. The average molecular weight is 277 g/mol. The fraction of sp³-hybridized carbons (Fsp3) is 0.533. The van der Waals surface area contributed by atoms with Gasteiger partial charge in [-0.3, -0.25) is 4.79 Å². The molecule has 1 fully saturated rings. The molecule has 0 aromatic heterocycles. The van der Waals surface area contributed by atoms with Crippen LogP contribution in [0.5, 0.6) is 0 Å². The van der Waals surface area contributed by atoms with Crippen LogP contribution in [0.25, 0.3) is 0 Å². The second kappa shape index (κ2) is 6.61. The predicted octanol–water partition coefficient (Wildman–Crippen LogP) is 1.50. The van der Waals surface area contributed by atoms with Crippen LogP contribution in [0, 0.1) is 0 Å². The van der Waals surface area contributed by atoms with Crippen molar-refractivity contribution < 1.29 is 9.90 Å². The highest BCUT2D eigenvalue weighted by atomic mass is 16.3. The summed E-state index contributed by atoms with van der Waals surface area (Å²) in [6.45, 7) is 0.502. The van der Waals surface area contributed by atoms with Gasteiger partial charge >= 0.3 is 0 Å². The van der Waals surface area contributed by atoms with Gasteiger partial charge in [0, 0.05) is 12.6 Å². The van der Waals surface area contributed by atoms with Crippen LogP contribution in [-0.2, 0) is 0 Å². The molecule has 5 nitrogen and oxygen atoms in total. The SMILES string of the molecule is NC(=O)c1cccc(N)c1N(CCO)C1CCCCC1. The maximum atomic E-state index is 11.6. The number of primary amides is 1. The van der Waals surface area contributed by atoms with E-state index in [1.807, 2.05) is 0 Å². The van der Waals surface area contributed by atoms with Crippen LogP contribution in [0.3, 0.4) is 0 Å².